The van der Waals surface area contributed by atoms with Crippen molar-refractivity contribution in [2.24, 2.45) is 16.6 Å². The van der Waals surface area contributed by atoms with Crippen molar-refractivity contribution in [2.45, 2.75) is 12.8 Å². The minimum atomic E-state index is 0.868. The second kappa shape index (κ2) is 4.44. The van der Waals surface area contributed by atoms with E-state index in [1.165, 1.54) is 12.8 Å². The van der Waals surface area contributed by atoms with Crippen molar-refractivity contribution in [3.05, 3.63) is 11.1 Å². The Hall–Kier alpha value is -0.440. The van der Waals surface area contributed by atoms with Gasteiger partial charge in [0.25, 0.3) is 0 Å². The van der Waals surface area contributed by atoms with E-state index in [2.05, 4.69) is 4.99 Å². The van der Waals surface area contributed by atoms with E-state index in [4.69, 9.17) is 5.73 Å². The van der Waals surface area contributed by atoms with Gasteiger partial charge in [0.05, 0.1) is 0 Å². The quantitative estimate of drug-likeness (QED) is 0.651. The van der Waals surface area contributed by atoms with Gasteiger partial charge in [-0.2, -0.15) is 0 Å². The Bertz CT molecular complexity index is 171. The fourth-order valence-electron chi connectivity index (χ4n) is 0.756. The monoisotopic (exact) mass is 170 g/mol. The molecule has 1 aliphatic rings. The van der Waals surface area contributed by atoms with Crippen LogP contribution in [0.2, 0.25) is 0 Å². The molecule has 62 valence electrons. The molecule has 2 nitrogen and oxygen atoms in total. The second-order valence-corrected chi connectivity index (χ2v) is 3.59. The van der Waals surface area contributed by atoms with Crippen LogP contribution in [0, 0.1) is 5.92 Å². The van der Waals surface area contributed by atoms with Gasteiger partial charge >= 0.3 is 0 Å². The Balaban J connectivity index is 2.20. The number of thioether (sulfide) groups is 1. The highest BCUT2D eigenvalue weighted by molar-refractivity contribution is 8.03. The van der Waals surface area contributed by atoms with Crippen LogP contribution in [0.25, 0.3) is 0 Å². The van der Waals surface area contributed by atoms with E-state index < -0.39 is 0 Å². The number of allylic oxidation sites excluding steroid dienone is 1. The molecule has 0 amide bonds. The van der Waals surface area contributed by atoms with Crippen molar-refractivity contribution in [3.8, 4) is 0 Å². The topological polar surface area (TPSA) is 38.4 Å². The molecule has 3 heteroatoms. The molecule has 0 bridgehead atoms. The maximum absolute atomic E-state index is 5.34. The van der Waals surface area contributed by atoms with Gasteiger partial charge < -0.3 is 5.73 Å². The number of aliphatic imine (C=N–C) groups is 1. The normalized spacial score (nSPS) is 19.5. The SMILES string of the molecule is CSC(C=NCC1CC1)=CN. The predicted molar refractivity (Wildman–Crippen MR) is 51.9 cm³/mol. The van der Waals surface area contributed by atoms with Gasteiger partial charge in [-0.1, -0.05) is 0 Å². The van der Waals surface area contributed by atoms with Crippen LogP contribution in [0.1, 0.15) is 12.8 Å². The molecular formula is C8H14N2S. The maximum Gasteiger partial charge on any atom is 0.0418 e. The standard InChI is InChI=1S/C8H14N2S/c1-11-8(4-9)6-10-5-7-2-3-7/h4,6-7H,2-3,5,9H2,1H3. The molecule has 1 saturated carbocycles. The molecule has 0 atom stereocenters. The van der Waals surface area contributed by atoms with Crippen LogP contribution in [0.4, 0.5) is 0 Å². The first-order chi connectivity index (χ1) is 5.36. The summed E-state index contributed by atoms with van der Waals surface area (Å²) in [6.07, 6.45) is 8.18. The summed E-state index contributed by atoms with van der Waals surface area (Å²) in [7, 11) is 0. The van der Waals surface area contributed by atoms with Gasteiger partial charge in [0, 0.05) is 23.9 Å². The summed E-state index contributed by atoms with van der Waals surface area (Å²) in [6, 6.07) is 0. The van der Waals surface area contributed by atoms with E-state index in [1.807, 2.05) is 12.5 Å². The first kappa shape index (κ1) is 8.65. The molecule has 0 aromatic heterocycles. The number of nitrogens with two attached hydrogens (primary N) is 1. The molecule has 1 fully saturated rings. The lowest BCUT2D eigenvalue weighted by Gasteiger charge is -1.92. The van der Waals surface area contributed by atoms with Crippen molar-refractivity contribution >= 4 is 18.0 Å². The number of hydrogen-bond acceptors (Lipinski definition) is 3. The van der Waals surface area contributed by atoms with Gasteiger partial charge in [0.1, 0.15) is 0 Å². The number of rotatable bonds is 4. The summed E-state index contributed by atoms with van der Waals surface area (Å²) in [5, 5.41) is 0. The van der Waals surface area contributed by atoms with E-state index in [0.717, 1.165) is 17.4 Å². The van der Waals surface area contributed by atoms with Crippen molar-refractivity contribution < 1.29 is 0 Å². The van der Waals surface area contributed by atoms with E-state index in [9.17, 15) is 0 Å². The molecule has 0 aliphatic heterocycles. The van der Waals surface area contributed by atoms with Crippen LogP contribution < -0.4 is 5.73 Å². The smallest absolute Gasteiger partial charge is 0.0418 e. The molecule has 0 aromatic rings. The molecule has 0 aromatic carbocycles. The van der Waals surface area contributed by atoms with Crippen molar-refractivity contribution in [3.63, 3.8) is 0 Å². The van der Waals surface area contributed by atoms with Gasteiger partial charge in [-0.25, -0.2) is 0 Å². The molecule has 1 aliphatic carbocycles. The van der Waals surface area contributed by atoms with Gasteiger partial charge in [0.15, 0.2) is 0 Å². The minimum absolute atomic E-state index is 0.868. The Morgan fingerprint density at radius 3 is 2.91 bits per heavy atom. The van der Waals surface area contributed by atoms with Crippen molar-refractivity contribution in [2.75, 3.05) is 12.8 Å². The largest absolute Gasteiger partial charge is 0.404 e. The average Bonchev–Trinajstić information content (AvgIpc) is 2.82. The van der Waals surface area contributed by atoms with Crippen molar-refractivity contribution in [1.82, 2.24) is 0 Å². The third-order valence-electron chi connectivity index (χ3n) is 1.68. The molecular weight excluding hydrogens is 156 g/mol. The third kappa shape index (κ3) is 3.46. The van der Waals surface area contributed by atoms with E-state index >= 15 is 0 Å². The highest BCUT2D eigenvalue weighted by atomic mass is 32.2. The molecule has 11 heavy (non-hydrogen) atoms. The molecule has 0 heterocycles. The van der Waals surface area contributed by atoms with Crippen LogP contribution in [0.15, 0.2) is 16.1 Å². The zero-order chi connectivity index (χ0) is 8.10. The van der Waals surface area contributed by atoms with Gasteiger partial charge in [-0.3, -0.25) is 4.99 Å². The van der Waals surface area contributed by atoms with Crippen molar-refractivity contribution in [1.29, 1.82) is 0 Å². The van der Waals surface area contributed by atoms with Crippen LogP contribution >= 0.6 is 11.8 Å². The number of hydrogen-bond donors (Lipinski definition) is 1. The lowest BCUT2D eigenvalue weighted by atomic mass is 10.4. The Kier molecular flexibility index (Phi) is 3.49. The fourth-order valence-corrected chi connectivity index (χ4v) is 1.07. The Labute approximate surface area is 72.0 Å². The second-order valence-electron chi connectivity index (χ2n) is 2.71. The Morgan fingerprint density at radius 2 is 2.45 bits per heavy atom. The zero-order valence-electron chi connectivity index (χ0n) is 6.79. The van der Waals surface area contributed by atoms with E-state index in [-0.39, 0.29) is 0 Å². The summed E-state index contributed by atoms with van der Waals surface area (Å²) < 4.78 is 0. The van der Waals surface area contributed by atoms with Gasteiger partial charge in [-0.15, -0.1) is 11.8 Å². The molecule has 0 spiro atoms. The van der Waals surface area contributed by atoms with Crippen LogP contribution in [0.3, 0.4) is 0 Å². The molecule has 0 radical (unpaired) electrons. The lowest BCUT2D eigenvalue weighted by Crippen LogP contribution is -1.88. The molecule has 0 unspecified atom stereocenters. The summed E-state index contributed by atoms with van der Waals surface area (Å²) in [5.74, 6) is 0.868. The van der Waals surface area contributed by atoms with Gasteiger partial charge in [0.2, 0.25) is 0 Å². The summed E-state index contributed by atoms with van der Waals surface area (Å²) in [5.41, 5.74) is 5.34. The minimum Gasteiger partial charge on any atom is -0.404 e. The maximum atomic E-state index is 5.34. The summed E-state index contributed by atoms with van der Waals surface area (Å²) >= 11 is 1.63. The highest BCUT2D eigenvalue weighted by Gasteiger charge is 2.19. The van der Waals surface area contributed by atoms with Crippen LogP contribution in [-0.2, 0) is 0 Å². The highest BCUT2D eigenvalue weighted by Crippen LogP contribution is 2.28. The molecule has 1 rings (SSSR count). The fraction of sp³-hybridized carbons (Fsp3) is 0.625. The Morgan fingerprint density at radius 1 is 1.73 bits per heavy atom. The van der Waals surface area contributed by atoms with E-state index in [0.29, 0.717) is 0 Å². The van der Waals surface area contributed by atoms with Gasteiger partial charge in [-0.05, 0) is 25.0 Å². The summed E-state index contributed by atoms with van der Waals surface area (Å²) in [6.45, 7) is 0.984. The number of nitrogens with zero attached hydrogens (tertiary/aromatic N) is 1. The van der Waals surface area contributed by atoms with E-state index in [1.54, 1.807) is 18.0 Å². The van der Waals surface area contributed by atoms with Crippen LogP contribution in [0.5, 0.6) is 0 Å². The first-order valence-electron chi connectivity index (χ1n) is 3.82. The zero-order valence-corrected chi connectivity index (χ0v) is 7.60. The average molecular weight is 170 g/mol. The summed E-state index contributed by atoms with van der Waals surface area (Å²) in [4.78, 5) is 5.33. The van der Waals surface area contributed by atoms with Crippen LogP contribution in [-0.4, -0.2) is 19.0 Å². The third-order valence-corrected chi connectivity index (χ3v) is 2.39. The molecule has 2 N–H and O–H groups in total. The first-order valence-corrected chi connectivity index (χ1v) is 5.05. The predicted octanol–water partition coefficient (Wildman–Crippen LogP) is 1.63. The lowest BCUT2D eigenvalue weighted by molar-refractivity contribution is 0.852. The molecule has 0 saturated heterocycles.